The number of carboxylic acids is 1. The highest BCUT2D eigenvalue weighted by atomic mass is 16.5. The van der Waals surface area contributed by atoms with Gasteiger partial charge in [0.15, 0.2) is 0 Å². The zero-order valence-corrected chi connectivity index (χ0v) is 34.5. The molecule has 2 unspecified atom stereocenters. The van der Waals surface area contributed by atoms with Crippen LogP contribution in [0.15, 0.2) is 72.9 Å². The quantitative estimate of drug-likeness (QED) is 0.0328. The highest BCUT2D eigenvalue weighted by Gasteiger charge is 2.19. The number of unbranched alkanes of at least 4 members (excludes halogenated alkanes) is 12. The van der Waals surface area contributed by atoms with Crippen molar-refractivity contribution in [3.63, 3.8) is 0 Å². The fraction of sp³-hybridized carbons (Fsp3) is 0.681. The molecule has 0 aromatic rings. The summed E-state index contributed by atoms with van der Waals surface area (Å²) >= 11 is 0. The standard InChI is InChI=1S/C47H80N2O5/c1-3-5-7-9-11-13-15-16-17-18-19-20-22-24-26-31-35-41-46(51)54-43(37-32-28-25-23-21-14-12-10-8-6-4-2)38-33-29-27-30-34-40-45(50)49-44(47(52)53)39-36-42-48/h5,7,11-14,16-17,19-20,23,25,43-44H,3-4,6,8-10,15,18,21-22,24,26-42,48H2,1-2H3,(H,49,50)(H,52,53)/b7-5-,13-11-,14-12-,17-16-,20-19-,25-23-. The number of rotatable bonds is 38. The van der Waals surface area contributed by atoms with Gasteiger partial charge in [-0.1, -0.05) is 132 Å². The second-order valence-corrected chi connectivity index (χ2v) is 14.4. The van der Waals surface area contributed by atoms with E-state index in [1.54, 1.807) is 0 Å². The summed E-state index contributed by atoms with van der Waals surface area (Å²) in [4.78, 5) is 36.4. The third-order valence-corrected chi connectivity index (χ3v) is 9.26. The molecule has 2 atom stereocenters. The first kappa shape index (κ1) is 50.8. The molecule has 0 aliphatic heterocycles. The van der Waals surface area contributed by atoms with Crippen molar-refractivity contribution in [3.05, 3.63) is 72.9 Å². The molecular weight excluding hydrogens is 673 g/mol. The second-order valence-electron chi connectivity index (χ2n) is 14.4. The maximum absolute atomic E-state index is 12.8. The largest absolute Gasteiger partial charge is 0.480 e. The molecule has 7 nitrogen and oxygen atoms in total. The van der Waals surface area contributed by atoms with E-state index in [1.807, 2.05) is 0 Å². The summed E-state index contributed by atoms with van der Waals surface area (Å²) in [6, 6.07) is -0.866. The Morgan fingerprint density at radius 3 is 1.61 bits per heavy atom. The van der Waals surface area contributed by atoms with Gasteiger partial charge in [0, 0.05) is 12.8 Å². The maximum Gasteiger partial charge on any atom is 0.326 e. The summed E-state index contributed by atoms with van der Waals surface area (Å²) in [5.41, 5.74) is 5.48. The number of hydrogen-bond acceptors (Lipinski definition) is 5. The van der Waals surface area contributed by atoms with Gasteiger partial charge in [-0.3, -0.25) is 9.59 Å². The summed E-state index contributed by atoms with van der Waals surface area (Å²) < 4.78 is 6.01. The zero-order chi connectivity index (χ0) is 39.6. The minimum Gasteiger partial charge on any atom is -0.480 e. The number of nitrogens with two attached hydrogens (primary N) is 1. The molecular formula is C47H80N2O5. The number of allylic oxidation sites excluding steroid dienone is 12. The number of carbonyl (C=O) groups excluding carboxylic acids is 2. The molecule has 0 spiro atoms. The zero-order valence-electron chi connectivity index (χ0n) is 34.5. The molecule has 0 saturated carbocycles. The van der Waals surface area contributed by atoms with Gasteiger partial charge in [0.2, 0.25) is 5.91 Å². The Kier molecular flexibility index (Phi) is 38.6. The molecule has 7 heteroatoms. The van der Waals surface area contributed by atoms with Crippen LogP contribution in [0.25, 0.3) is 0 Å². The van der Waals surface area contributed by atoms with Crippen LogP contribution in [0.2, 0.25) is 0 Å². The van der Waals surface area contributed by atoms with Crippen LogP contribution in [0.1, 0.15) is 187 Å². The lowest BCUT2D eigenvalue weighted by atomic mass is 10.0. The van der Waals surface area contributed by atoms with Crippen molar-refractivity contribution in [3.8, 4) is 0 Å². The first-order valence-corrected chi connectivity index (χ1v) is 21.8. The maximum atomic E-state index is 12.8. The summed E-state index contributed by atoms with van der Waals surface area (Å²) in [6.45, 7) is 4.79. The van der Waals surface area contributed by atoms with Crippen LogP contribution in [-0.2, 0) is 19.1 Å². The second kappa shape index (κ2) is 41.0. The predicted molar refractivity (Wildman–Crippen MR) is 229 cm³/mol. The average molecular weight is 753 g/mol. The van der Waals surface area contributed by atoms with Crippen molar-refractivity contribution in [1.29, 1.82) is 0 Å². The fourth-order valence-corrected chi connectivity index (χ4v) is 6.01. The molecule has 0 radical (unpaired) electrons. The number of esters is 1. The SMILES string of the molecule is CC/C=C\C/C=C\C/C=C\C/C=C\CCCCCCC(=O)OC(CCC/C=C\C/C=C\CCCCC)CCCCCCCC(=O)NC(CCCN)C(=O)O. The van der Waals surface area contributed by atoms with E-state index >= 15 is 0 Å². The van der Waals surface area contributed by atoms with Gasteiger partial charge in [0.25, 0.3) is 0 Å². The number of nitrogens with one attached hydrogen (secondary N) is 1. The van der Waals surface area contributed by atoms with Gasteiger partial charge in [0.1, 0.15) is 12.1 Å². The molecule has 0 saturated heterocycles. The average Bonchev–Trinajstić information content (AvgIpc) is 3.16. The van der Waals surface area contributed by atoms with Gasteiger partial charge >= 0.3 is 11.9 Å². The van der Waals surface area contributed by atoms with Crippen LogP contribution in [0.4, 0.5) is 0 Å². The van der Waals surface area contributed by atoms with Gasteiger partial charge < -0.3 is 20.9 Å². The first-order chi connectivity index (χ1) is 26.4. The Morgan fingerprint density at radius 2 is 1.04 bits per heavy atom. The van der Waals surface area contributed by atoms with Gasteiger partial charge in [-0.15, -0.1) is 0 Å². The molecule has 1 amide bonds. The Balaban J connectivity index is 4.42. The van der Waals surface area contributed by atoms with Crippen molar-refractivity contribution in [2.75, 3.05) is 6.54 Å². The van der Waals surface area contributed by atoms with E-state index in [2.05, 4.69) is 92.1 Å². The number of carbonyl (C=O) groups is 3. The van der Waals surface area contributed by atoms with Crippen LogP contribution in [0.3, 0.4) is 0 Å². The monoisotopic (exact) mass is 753 g/mol. The Hall–Kier alpha value is -3.19. The molecule has 4 N–H and O–H groups in total. The van der Waals surface area contributed by atoms with Crippen LogP contribution in [0, 0.1) is 0 Å². The third-order valence-electron chi connectivity index (χ3n) is 9.26. The number of carboxylic acid groups (broad SMARTS) is 1. The lowest BCUT2D eigenvalue weighted by Gasteiger charge is -2.18. The highest BCUT2D eigenvalue weighted by Crippen LogP contribution is 2.17. The normalized spacial score (nSPS) is 13.4. The van der Waals surface area contributed by atoms with E-state index < -0.39 is 12.0 Å². The lowest BCUT2D eigenvalue weighted by molar-refractivity contribution is -0.150. The first-order valence-electron chi connectivity index (χ1n) is 21.8. The van der Waals surface area contributed by atoms with Crippen LogP contribution in [0.5, 0.6) is 0 Å². The fourth-order valence-electron chi connectivity index (χ4n) is 6.01. The van der Waals surface area contributed by atoms with Gasteiger partial charge in [-0.05, 0) is 122 Å². The van der Waals surface area contributed by atoms with Crippen molar-refractivity contribution >= 4 is 17.8 Å². The number of hydrogen-bond donors (Lipinski definition) is 3. The van der Waals surface area contributed by atoms with Crippen molar-refractivity contribution in [2.45, 2.75) is 199 Å². The van der Waals surface area contributed by atoms with Crippen molar-refractivity contribution in [1.82, 2.24) is 5.32 Å². The van der Waals surface area contributed by atoms with E-state index in [0.717, 1.165) is 122 Å². The number of ether oxygens (including phenoxy) is 1. The van der Waals surface area contributed by atoms with E-state index in [-0.39, 0.29) is 18.0 Å². The smallest absolute Gasteiger partial charge is 0.326 e. The minimum absolute atomic E-state index is 0.0465. The summed E-state index contributed by atoms with van der Waals surface area (Å²) in [6.07, 6.45) is 52.3. The van der Waals surface area contributed by atoms with Crippen LogP contribution in [-0.4, -0.2) is 41.6 Å². The molecule has 54 heavy (non-hydrogen) atoms. The molecule has 0 aromatic carbocycles. The van der Waals surface area contributed by atoms with E-state index in [4.69, 9.17) is 10.5 Å². The minimum atomic E-state index is -1.01. The van der Waals surface area contributed by atoms with Crippen molar-refractivity contribution in [2.24, 2.45) is 5.73 Å². The van der Waals surface area contributed by atoms with E-state index in [1.165, 1.54) is 25.7 Å². The highest BCUT2D eigenvalue weighted by molar-refractivity contribution is 5.83. The summed E-state index contributed by atoms with van der Waals surface area (Å²) in [5, 5.41) is 11.9. The predicted octanol–water partition coefficient (Wildman–Crippen LogP) is 12.3. The molecule has 0 rings (SSSR count). The van der Waals surface area contributed by atoms with Crippen LogP contribution >= 0.6 is 0 Å². The third kappa shape index (κ3) is 37.1. The lowest BCUT2D eigenvalue weighted by Crippen LogP contribution is -2.40. The molecule has 0 bridgehead atoms. The van der Waals surface area contributed by atoms with E-state index in [0.29, 0.717) is 32.2 Å². The van der Waals surface area contributed by atoms with Gasteiger partial charge in [-0.25, -0.2) is 4.79 Å². The Bertz CT molecular complexity index is 1070. The molecule has 0 aromatic heterocycles. The van der Waals surface area contributed by atoms with E-state index in [9.17, 15) is 19.5 Å². The molecule has 0 heterocycles. The molecule has 0 fully saturated rings. The van der Waals surface area contributed by atoms with Gasteiger partial charge in [0.05, 0.1) is 0 Å². The summed E-state index contributed by atoms with van der Waals surface area (Å²) in [7, 11) is 0. The number of amides is 1. The summed E-state index contributed by atoms with van der Waals surface area (Å²) in [5.74, 6) is -1.30. The van der Waals surface area contributed by atoms with Gasteiger partial charge in [-0.2, -0.15) is 0 Å². The van der Waals surface area contributed by atoms with Crippen LogP contribution < -0.4 is 11.1 Å². The number of aliphatic carboxylic acids is 1. The molecule has 0 aliphatic rings. The topological polar surface area (TPSA) is 119 Å². The Morgan fingerprint density at radius 1 is 0.556 bits per heavy atom. The Labute approximate surface area is 331 Å². The molecule has 0 aliphatic carbocycles. The molecule has 308 valence electrons. The van der Waals surface area contributed by atoms with Crippen molar-refractivity contribution < 1.29 is 24.2 Å².